The Morgan fingerprint density at radius 3 is 2.71 bits per heavy atom. The molecule has 0 unspecified atom stereocenters. The van der Waals surface area contributed by atoms with Gasteiger partial charge in [0.25, 0.3) is 0 Å². The van der Waals surface area contributed by atoms with Crippen molar-refractivity contribution >= 4 is 5.69 Å². The summed E-state index contributed by atoms with van der Waals surface area (Å²) >= 11 is 0. The van der Waals surface area contributed by atoms with Gasteiger partial charge >= 0.3 is 0 Å². The number of nitrogen functional groups attached to an aromatic ring is 1. The highest BCUT2D eigenvalue weighted by molar-refractivity contribution is 5.53. The molecule has 0 atom stereocenters. The predicted octanol–water partition coefficient (Wildman–Crippen LogP) is 1.48. The molecule has 0 saturated carbocycles. The van der Waals surface area contributed by atoms with Gasteiger partial charge in [-0.15, -0.1) is 0 Å². The summed E-state index contributed by atoms with van der Waals surface area (Å²) in [6.45, 7) is 8.99. The van der Waals surface area contributed by atoms with Crippen LogP contribution in [0.4, 0.5) is 5.69 Å². The number of rotatable bonds is 6. The summed E-state index contributed by atoms with van der Waals surface area (Å²) in [6.07, 6.45) is 2.63. The summed E-state index contributed by atoms with van der Waals surface area (Å²) in [5.41, 5.74) is 9.99. The molecular weight excluding hydrogens is 214 g/mol. The molecule has 1 aromatic heterocycles. The van der Waals surface area contributed by atoms with Crippen LogP contribution in [0.2, 0.25) is 0 Å². The van der Waals surface area contributed by atoms with Crippen LogP contribution in [0.1, 0.15) is 30.2 Å². The molecule has 0 radical (unpaired) electrons. The molecule has 0 aliphatic carbocycles. The van der Waals surface area contributed by atoms with Gasteiger partial charge < -0.3 is 10.8 Å². The van der Waals surface area contributed by atoms with Crippen LogP contribution in [-0.4, -0.2) is 34.7 Å². The highest BCUT2D eigenvalue weighted by Crippen LogP contribution is 2.19. The lowest BCUT2D eigenvalue weighted by atomic mass is 10.1. The van der Waals surface area contributed by atoms with Gasteiger partial charge in [0.2, 0.25) is 0 Å². The van der Waals surface area contributed by atoms with E-state index >= 15 is 0 Å². The van der Waals surface area contributed by atoms with Crippen LogP contribution in [-0.2, 0) is 6.54 Å². The lowest BCUT2D eigenvalue weighted by Crippen LogP contribution is -2.25. The summed E-state index contributed by atoms with van der Waals surface area (Å²) in [5, 5.41) is 8.85. The second-order valence-corrected chi connectivity index (χ2v) is 4.37. The molecule has 1 rings (SSSR count). The van der Waals surface area contributed by atoms with E-state index < -0.39 is 0 Å². The summed E-state index contributed by atoms with van der Waals surface area (Å²) in [5.74, 6) is 0. The number of anilines is 1. The van der Waals surface area contributed by atoms with Crippen LogP contribution < -0.4 is 5.73 Å². The summed E-state index contributed by atoms with van der Waals surface area (Å²) in [6, 6.07) is 0. The van der Waals surface area contributed by atoms with Crippen molar-refractivity contribution in [3.8, 4) is 0 Å². The Labute approximate surface area is 103 Å². The number of aliphatic hydroxyl groups excluding tert-OH is 1. The van der Waals surface area contributed by atoms with Gasteiger partial charge in [-0.2, -0.15) is 0 Å². The third-order valence-corrected chi connectivity index (χ3v) is 3.13. The molecule has 0 aliphatic rings. The number of pyridine rings is 1. The lowest BCUT2D eigenvalue weighted by molar-refractivity contribution is 0.223. The molecule has 1 aromatic rings. The van der Waals surface area contributed by atoms with Crippen molar-refractivity contribution in [3.05, 3.63) is 23.0 Å². The summed E-state index contributed by atoms with van der Waals surface area (Å²) in [4.78, 5) is 6.71. The van der Waals surface area contributed by atoms with Gasteiger partial charge in [-0.3, -0.25) is 9.88 Å². The Balaban J connectivity index is 2.76. The third kappa shape index (κ3) is 3.68. The van der Waals surface area contributed by atoms with Gasteiger partial charge in [-0.25, -0.2) is 0 Å². The monoisotopic (exact) mass is 237 g/mol. The Morgan fingerprint density at radius 2 is 2.12 bits per heavy atom. The Hall–Kier alpha value is -1.13. The van der Waals surface area contributed by atoms with E-state index in [1.807, 2.05) is 20.0 Å². The van der Waals surface area contributed by atoms with E-state index in [4.69, 9.17) is 10.8 Å². The summed E-state index contributed by atoms with van der Waals surface area (Å²) < 4.78 is 0. The number of aromatic nitrogens is 1. The molecule has 0 fully saturated rings. The van der Waals surface area contributed by atoms with Crippen molar-refractivity contribution in [2.75, 3.05) is 25.4 Å². The van der Waals surface area contributed by atoms with E-state index in [9.17, 15) is 0 Å². The van der Waals surface area contributed by atoms with Crippen molar-refractivity contribution in [2.45, 2.75) is 33.7 Å². The van der Waals surface area contributed by atoms with Crippen molar-refractivity contribution in [1.29, 1.82) is 0 Å². The standard InChI is InChI=1S/C13H23N3O/c1-4-16(6-5-7-17)9-12-11(3)13(14)10(2)8-15-12/h8,17H,4-7,9H2,1-3H3,(H2,14,15). The van der Waals surface area contributed by atoms with Crippen LogP contribution in [0.15, 0.2) is 6.20 Å². The Kier molecular flexibility index (Phi) is 5.38. The van der Waals surface area contributed by atoms with Gasteiger partial charge in [-0.05, 0) is 37.9 Å². The molecule has 0 amide bonds. The molecule has 17 heavy (non-hydrogen) atoms. The first kappa shape index (κ1) is 13.9. The van der Waals surface area contributed by atoms with Gasteiger partial charge in [0.15, 0.2) is 0 Å². The van der Waals surface area contributed by atoms with Gasteiger partial charge in [-0.1, -0.05) is 6.92 Å². The third-order valence-electron chi connectivity index (χ3n) is 3.13. The maximum Gasteiger partial charge on any atom is 0.0593 e. The van der Waals surface area contributed by atoms with Crippen molar-refractivity contribution < 1.29 is 5.11 Å². The minimum Gasteiger partial charge on any atom is -0.398 e. The fourth-order valence-corrected chi connectivity index (χ4v) is 1.81. The van der Waals surface area contributed by atoms with Crippen LogP contribution in [0.5, 0.6) is 0 Å². The van der Waals surface area contributed by atoms with E-state index in [1.165, 1.54) is 0 Å². The molecule has 0 bridgehead atoms. The Bertz CT molecular complexity index is 366. The fraction of sp³-hybridized carbons (Fsp3) is 0.615. The highest BCUT2D eigenvalue weighted by atomic mass is 16.3. The maximum atomic E-state index is 8.85. The van der Waals surface area contributed by atoms with Crippen LogP contribution in [0, 0.1) is 13.8 Å². The zero-order valence-corrected chi connectivity index (χ0v) is 11.0. The number of aryl methyl sites for hydroxylation is 1. The minimum atomic E-state index is 0.235. The second-order valence-electron chi connectivity index (χ2n) is 4.37. The first-order valence-corrected chi connectivity index (χ1v) is 6.13. The molecule has 3 N–H and O–H groups in total. The average molecular weight is 237 g/mol. The second kappa shape index (κ2) is 6.57. The average Bonchev–Trinajstić information content (AvgIpc) is 2.34. The predicted molar refractivity (Wildman–Crippen MR) is 70.8 cm³/mol. The van der Waals surface area contributed by atoms with Crippen LogP contribution >= 0.6 is 0 Å². The van der Waals surface area contributed by atoms with E-state index in [2.05, 4.69) is 16.8 Å². The maximum absolute atomic E-state index is 8.85. The normalized spacial score (nSPS) is 11.1. The SMILES string of the molecule is CCN(CCCO)Cc1ncc(C)c(N)c1C. The first-order chi connectivity index (χ1) is 8.10. The molecule has 0 aromatic carbocycles. The molecule has 0 saturated heterocycles. The molecule has 4 nitrogen and oxygen atoms in total. The summed E-state index contributed by atoms with van der Waals surface area (Å²) in [7, 11) is 0. The van der Waals surface area contributed by atoms with E-state index in [-0.39, 0.29) is 6.61 Å². The number of nitrogens with zero attached hydrogens (tertiary/aromatic N) is 2. The molecule has 1 heterocycles. The number of nitrogens with two attached hydrogens (primary N) is 1. The lowest BCUT2D eigenvalue weighted by Gasteiger charge is -2.21. The highest BCUT2D eigenvalue weighted by Gasteiger charge is 2.09. The largest absolute Gasteiger partial charge is 0.398 e. The van der Waals surface area contributed by atoms with E-state index in [1.54, 1.807) is 0 Å². The quantitative estimate of drug-likeness (QED) is 0.787. The molecule has 4 heteroatoms. The zero-order valence-electron chi connectivity index (χ0n) is 11.0. The molecule has 0 aliphatic heterocycles. The molecule has 96 valence electrons. The Morgan fingerprint density at radius 1 is 1.41 bits per heavy atom. The number of aliphatic hydroxyl groups is 1. The fourth-order valence-electron chi connectivity index (χ4n) is 1.81. The molecular formula is C13H23N3O. The van der Waals surface area contributed by atoms with Gasteiger partial charge in [0.1, 0.15) is 0 Å². The minimum absolute atomic E-state index is 0.235. The topological polar surface area (TPSA) is 62.4 Å². The van der Waals surface area contributed by atoms with Crippen molar-refractivity contribution in [2.24, 2.45) is 0 Å². The van der Waals surface area contributed by atoms with Crippen molar-refractivity contribution in [1.82, 2.24) is 9.88 Å². The van der Waals surface area contributed by atoms with E-state index in [0.717, 1.165) is 48.6 Å². The number of hydrogen-bond donors (Lipinski definition) is 2. The molecule has 0 spiro atoms. The van der Waals surface area contributed by atoms with E-state index in [0.29, 0.717) is 0 Å². The zero-order chi connectivity index (χ0) is 12.8. The smallest absolute Gasteiger partial charge is 0.0593 e. The van der Waals surface area contributed by atoms with Gasteiger partial charge in [0.05, 0.1) is 5.69 Å². The van der Waals surface area contributed by atoms with Crippen LogP contribution in [0.3, 0.4) is 0 Å². The van der Waals surface area contributed by atoms with Gasteiger partial charge in [0, 0.05) is 31.6 Å². The number of hydrogen-bond acceptors (Lipinski definition) is 4. The van der Waals surface area contributed by atoms with Crippen LogP contribution in [0.25, 0.3) is 0 Å². The van der Waals surface area contributed by atoms with Crippen molar-refractivity contribution in [3.63, 3.8) is 0 Å². The first-order valence-electron chi connectivity index (χ1n) is 6.13.